The molecule has 0 aliphatic heterocycles. The third kappa shape index (κ3) is 1.65. The van der Waals surface area contributed by atoms with Gasteiger partial charge in [0.05, 0.1) is 7.11 Å². The first-order chi connectivity index (χ1) is 7.60. The molecule has 0 heterocycles. The maximum Gasteiger partial charge on any atom is 0.333 e. The summed E-state index contributed by atoms with van der Waals surface area (Å²) < 4.78 is 5.03. The highest BCUT2D eigenvalue weighted by atomic mass is 16.5. The van der Waals surface area contributed by atoms with E-state index in [0.717, 1.165) is 11.3 Å². The Labute approximate surface area is 93.5 Å². The van der Waals surface area contributed by atoms with Crippen LogP contribution in [0.2, 0.25) is 0 Å². The fraction of sp³-hybridized carbons (Fsp3) is 0.417. The number of carbonyl (C=O) groups is 1. The number of hydrogen-bond acceptors (Lipinski definition) is 3. The topological polar surface area (TPSA) is 66.8 Å². The van der Waals surface area contributed by atoms with Crippen molar-refractivity contribution in [3.63, 3.8) is 0 Å². The van der Waals surface area contributed by atoms with E-state index in [4.69, 9.17) is 9.84 Å². The summed E-state index contributed by atoms with van der Waals surface area (Å²) in [7, 11) is 1.58. The molecule has 1 fully saturated rings. The molecule has 1 saturated carbocycles. The molecule has 0 aromatic heterocycles. The van der Waals surface area contributed by atoms with E-state index in [2.05, 4.69) is 0 Å². The van der Waals surface area contributed by atoms with Crippen molar-refractivity contribution in [3.8, 4) is 5.75 Å². The van der Waals surface area contributed by atoms with Crippen molar-refractivity contribution in [1.82, 2.24) is 0 Å². The van der Waals surface area contributed by atoms with E-state index >= 15 is 0 Å². The first kappa shape index (κ1) is 11.0. The second-order valence-corrected chi connectivity index (χ2v) is 4.13. The number of rotatable bonds is 4. The summed E-state index contributed by atoms with van der Waals surface area (Å²) >= 11 is 0. The average Bonchev–Trinajstić information content (AvgIpc) is 3.09. The molecule has 86 valence electrons. The maximum absolute atomic E-state index is 10.8. The first-order valence-electron chi connectivity index (χ1n) is 5.15. The van der Waals surface area contributed by atoms with E-state index in [9.17, 15) is 9.90 Å². The van der Waals surface area contributed by atoms with Crippen LogP contribution in [-0.2, 0) is 10.2 Å². The molecule has 1 aliphatic rings. The lowest BCUT2D eigenvalue weighted by molar-refractivity contribution is -0.148. The Hall–Kier alpha value is -1.55. The van der Waals surface area contributed by atoms with Gasteiger partial charge < -0.3 is 14.9 Å². The van der Waals surface area contributed by atoms with Crippen molar-refractivity contribution in [2.45, 2.75) is 24.4 Å². The van der Waals surface area contributed by atoms with Crippen LogP contribution in [0.15, 0.2) is 24.3 Å². The van der Waals surface area contributed by atoms with E-state index in [1.165, 1.54) is 0 Å². The molecule has 0 saturated heterocycles. The van der Waals surface area contributed by atoms with Crippen molar-refractivity contribution in [2.75, 3.05) is 7.11 Å². The smallest absolute Gasteiger partial charge is 0.333 e. The van der Waals surface area contributed by atoms with Gasteiger partial charge in [-0.2, -0.15) is 0 Å². The third-order valence-corrected chi connectivity index (χ3v) is 3.21. The predicted octanol–water partition coefficient (Wildman–Crippen LogP) is 1.17. The van der Waals surface area contributed by atoms with E-state index in [-0.39, 0.29) is 0 Å². The van der Waals surface area contributed by atoms with Crippen LogP contribution in [0.25, 0.3) is 0 Å². The number of aliphatic hydroxyl groups is 1. The SMILES string of the molecule is COc1ccc(C2(C(O)C(=O)O)CC2)cc1. The van der Waals surface area contributed by atoms with Crippen LogP contribution in [0.4, 0.5) is 0 Å². The van der Waals surface area contributed by atoms with E-state index in [1.807, 2.05) is 12.1 Å². The van der Waals surface area contributed by atoms with Crippen LogP contribution >= 0.6 is 0 Å². The molecule has 0 amide bonds. The second kappa shape index (κ2) is 3.79. The summed E-state index contributed by atoms with van der Waals surface area (Å²) in [5.74, 6) is -0.433. The Kier molecular flexibility index (Phi) is 2.59. The molecule has 4 nitrogen and oxygen atoms in total. The summed E-state index contributed by atoms with van der Waals surface area (Å²) in [6, 6.07) is 7.20. The Bertz CT molecular complexity index is 392. The highest BCUT2D eigenvalue weighted by Gasteiger charge is 2.53. The average molecular weight is 222 g/mol. The fourth-order valence-corrected chi connectivity index (χ4v) is 2.01. The number of hydrogen-bond donors (Lipinski definition) is 2. The minimum Gasteiger partial charge on any atom is -0.497 e. The molecular formula is C12H14O4. The highest BCUT2D eigenvalue weighted by molar-refractivity contribution is 5.75. The highest BCUT2D eigenvalue weighted by Crippen LogP contribution is 2.51. The van der Waals surface area contributed by atoms with Gasteiger partial charge in [0.25, 0.3) is 0 Å². The van der Waals surface area contributed by atoms with E-state index in [0.29, 0.717) is 12.8 Å². The van der Waals surface area contributed by atoms with Crippen molar-refractivity contribution in [1.29, 1.82) is 0 Å². The fourth-order valence-electron chi connectivity index (χ4n) is 2.01. The lowest BCUT2D eigenvalue weighted by Gasteiger charge is -2.19. The minimum atomic E-state index is -1.32. The van der Waals surface area contributed by atoms with Gasteiger partial charge in [-0.3, -0.25) is 0 Å². The van der Waals surface area contributed by atoms with Crippen LogP contribution in [0.3, 0.4) is 0 Å². The molecule has 1 unspecified atom stereocenters. The molecule has 16 heavy (non-hydrogen) atoms. The van der Waals surface area contributed by atoms with Crippen molar-refractivity contribution < 1.29 is 19.7 Å². The van der Waals surface area contributed by atoms with Gasteiger partial charge in [0, 0.05) is 5.41 Å². The molecule has 1 aliphatic carbocycles. The van der Waals surface area contributed by atoms with E-state index in [1.54, 1.807) is 19.2 Å². The molecule has 4 heteroatoms. The van der Waals surface area contributed by atoms with Crippen molar-refractivity contribution in [2.24, 2.45) is 0 Å². The quantitative estimate of drug-likeness (QED) is 0.802. The largest absolute Gasteiger partial charge is 0.497 e. The number of aliphatic carboxylic acids is 1. The number of ether oxygens (including phenoxy) is 1. The molecular weight excluding hydrogens is 208 g/mol. The zero-order valence-corrected chi connectivity index (χ0v) is 9.01. The Balaban J connectivity index is 2.26. The zero-order valence-electron chi connectivity index (χ0n) is 9.01. The van der Waals surface area contributed by atoms with Crippen LogP contribution in [-0.4, -0.2) is 29.4 Å². The van der Waals surface area contributed by atoms with Gasteiger partial charge in [0.2, 0.25) is 0 Å². The molecule has 1 aromatic carbocycles. The Morgan fingerprint density at radius 2 is 1.94 bits per heavy atom. The van der Waals surface area contributed by atoms with Crippen LogP contribution in [0, 0.1) is 0 Å². The normalized spacial score (nSPS) is 18.9. The van der Waals surface area contributed by atoms with Gasteiger partial charge in [-0.25, -0.2) is 4.79 Å². The molecule has 1 aromatic rings. The summed E-state index contributed by atoms with van der Waals surface area (Å²) in [5.41, 5.74) is 0.279. The molecule has 0 bridgehead atoms. The summed E-state index contributed by atoms with van der Waals surface area (Å²) in [4.78, 5) is 10.8. The molecule has 2 rings (SSSR count). The molecule has 1 atom stereocenters. The maximum atomic E-state index is 10.8. The van der Waals surface area contributed by atoms with Crippen LogP contribution < -0.4 is 4.74 Å². The van der Waals surface area contributed by atoms with Gasteiger partial charge in [0.15, 0.2) is 6.10 Å². The Morgan fingerprint density at radius 1 is 1.38 bits per heavy atom. The van der Waals surface area contributed by atoms with Gasteiger partial charge in [-0.1, -0.05) is 12.1 Å². The molecule has 0 radical (unpaired) electrons. The van der Waals surface area contributed by atoms with Crippen molar-refractivity contribution in [3.05, 3.63) is 29.8 Å². The summed E-state index contributed by atoms with van der Waals surface area (Å²) in [6.45, 7) is 0. The lowest BCUT2D eigenvalue weighted by atomic mass is 9.90. The zero-order chi connectivity index (χ0) is 11.8. The molecule has 0 spiro atoms. The lowest BCUT2D eigenvalue weighted by Crippen LogP contribution is -2.33. The second-order valence-electron chi connectivity index (χ2n) is 4.13. The Morgan fingerprint density at radius 3 is 2.31 bits per heavy atom. The minimum absolute atomic E-state index is 0.585. The number of carboxylic acids is 1. The van der Waals surface area contributed by atoms with Gasteiger partial charge >= 0.3 is 5.97 Å². The van der Waals surface area contributed by atoms with Gasteiger partial charge in [-0.05, 0) is 30.5 Å². The van der Waals surface area contributed by atoms with Crippen molar-refractivity contribution >= 4 is 5.97 Å². The number of aliphatic hydroxyl groups excluding tert-OH is 1. The van der Waals surface area contributed by atoms with Gasteiger partial charge in [0.1, 0.15) is 5.75 Å². The summed E-state index contributed by atoms with van der Waals surface area (Å²) in [6.07, 6.45) is 0.112. The number of carboxylic acid groups (broad SMARTS) is 1. The predicted molar refractivity (Wildman–Crippen MR) is 57.5 cm³/mol. The van der Waals surface area contributed by atoms with E-state index < -0.39 is 17.5 Å². The van der Waals surface area contributed by atoms with Crippen LogP contribution in [0.1, 0.15) is 18.4 Å². The third-order valence-electron chi connectivity index (χ3n) is 3.21. The van der Waals surface area contributed by atoms with Gasteiger partial charge in [-0.15, -0.1) is 0 Å². The number of benzene rings is 1. The van der Waals surface area contributed by atoms with Crippen LogP contribution in [0.5, 0.6) is 5.75 Å². The molecule has 2 N–H and O–H groups in total. The monoisotopic (exact) mass is 222 g/mol. The number of methoxy groups -OCH3 is 1. The summed E-state index contributed by atoms with van der Waals surface area (Å²) in [5, 5.41) is 18.5. The standard InChI is InChI=1S/C12H14O4/c1-16-9-4-2-8(3-5-9)12(6-7-12)10(13)11(14)15/h2-5,10,13H,6-7H2,1H3,(H,14,15). The first-order valence-corrected chi connectivity index (χ1v) is 5.15.